The molecule has 0 aliphatic rings. The molecule has 0 aromatic heterocycles. The molecule has 0 N–H and O–H groups in total. The van der Waals surface area contributed by atoms with Crippen molar-refractivity contribution < 1.29 is 9.53 Å². The van der Waals surface area contributed by atoms with Crippen molar-refractivity contribution in [2.75, 3.05) is 31.7 Å². The van der Waals surface area contributed by atoms with Gasteiger partial charge in [-0.05, 0) is 26.0 Å². The average Bonchev–Trinajstić information content (AvgIpc) is 2.27. The molecule has 0 saturated carbocycles. The fourth-order valence-electron chi connectivity index (χ4n) is 1.56. The highest BCUT2D eigenvalue weighted by Gasteiger charge is 2.09. The first-order valence-electron chi connectivity index (χ1n) is 5.49. The van der Waals surface area contributed by atoms with Gasteiger partial charge in [0, 0.05) is 19.3 Å². The molecular formula is C13H19NO2. The second-order valence-electron chi connectivity index (χ2n) is 3.82. The van der Waals surface area contributed by atoms with E-state index in [0.29, 0.717) is 6.54 Å². The maximum atomic E-state index is 11.5. The highest BCUT2D eigenvalue weighted by Crippen LogP contribution is 2.14. The summed E-state index contributed by atoms with van der Waals surface area (Å²) in [4.78, 5) is 13.5. The molecule has 0 aliphatic heterocycles. The van der Waals surface area contributed by atoms with Crippen LogP contribution in [0.1, 0.15) is 12.5 Å². The summed E-state index contributed by atoms with van der Waals surface area (Å²) in [6.45, 7) is 5.50. The van der Waals surface area contributed by atoms with Crippen LogP contribution in [0, 0.1) is 6.92 Å². The predicted molar refractivity (Wildman–Crippen MR) is 65.9 cm³/mol. The number of anilines is 1. The van der Waals surface area contributed by atoms with Gasteiger partial charge in [0.25, 0.3) is 0 Å². The van der Waals surface area contributed by atoms with Gasteiger partial charge in [0.05, 0.1) is 6.54 Å². The number of carbonyl (C=O) groups excluding carboxylic acids is 1. The first-order chi connectivity index (χ1) is 7.67. The van der Waals surface area contributed by atoms with Gasteiger partial charge in [0.1, 0.15) is 6.61 Å². The lowest BCUT2D eigenvalue weighted by molar-refractivity contribution is -0.121. The third kappa shape index (κ3) is 3.66. The smallest absolute Gasteiger partial charge is 0.177 e. The highest BCUT2D eigenvalue weighted by molar-refractivity contribution is 5.84. The Bertz CT molecular complexity index is 332. The lowest BCUT2D eigenvalue weighted by Crippen LogP contribution is -2.31. The van der Waals surface area contributed by atoms with Crippen LogP contribution in [-0.4, -0.2) is 32.6 Å². The van der Waals surface area contributed by atoms with Crippen LogP contribution >= 0.6 is 0 Å². The van der Waals surface area contributed by atoms with Gasteiger partial charge in [0.2, 0.25) is 0 Å². The highest BCUT2D eigenvalue weighted by atomic mass is 16.5. The number of ketones is 1. The molecule has 0 bridgehead atoms. The fraction of sp³-hybridized carbons (Fsp3) is 0.462. The van der Waals surface area contributed by atoms with E-state index in [4.69, 9.17) is 4.74 Å². The van der Waals surface area contributed by atoms with Gasteiger partial charge in [-0.2, -0.15) is 0 Å². The number of aryl methyl sites for hydroxylation is 1. The Labute approximate surface area is 97.0 Å². The van der Waals surface area contributed by atoms with E-state index >= 15 is 0 Å². The molecule has 0 aliphatic carbocycles. The Morgan fingerprint density at radius 2 is 1.94 bits per heavy atom. The topological polar surface area (TPSA) is 29.5 Å². The van der Waals surface area contributed by atoms with Gasteiger partial charge < -0.3 is 9.64 Å². The molecule has 3 heteroatoms. The largest absolute Gasteiger partial charge is 0.377 e. The second-order valence-corrected chi connectivity index (χ2v) is 3.82. The number of hydrogen-bond acceptors (Lipinski definition) is 3. The number of rotatable bonds is 6. The van der Waals surface area contributed by atoms with Crippen molar-refractivity contribution in [3.8, 4) is 0 Å². The summed E-state index contributed by atoms with van der Waals surface area (Å²) in [7, 11) is 1.54. The van der Waals surface area contributed by atoms with E-state index in [9.17, 15) is 4.79 Å². The molecule has 1 rings (SSSR count). The van der Waals surface area contributed by atoms with E-state index in [1.807, 2.05) is 24.0 Å². The molecule has 3 nitrogen and oxygen atoms in total. The van der Waals surface area contributed by atoms with Crippen molar-refractivity contribution in [2.24, 2.45) is 0 Å². The van der Waals surface area contributed by atoms with Gasteiger partial charge in [-0.25, -0.2) is 0 Å². The third-order valence-electron chi connectivity index (χ3n) is 2.45. The molecular weight excluding hydrogens is 202 g/mol. The number of carbonyl (C=O) groups is 1. The van der Waals surface area contributed by atoms with Gasteiger partial charge in [-0.3, -0.25) is 4.79 Å². The Morgan fingerprint density at radius 1 is 1.31 bits per heavy atom. The van der Waals surface area contributed by atoms with Gasteiger partial charge in [0.15, 0.2) is 5.78 Å². The first-order valence-corrected chi connectivity index (χ1v) is 5.49. The summed E-state index contributed by atoms with van der Waals surface area (Å²) in [6.07, 6.45) is 0. The number of nitrogens with zero attached hydrogens (tertiary/aromatic N) is 1. The lowest BCUT2D eigenvalue weighted by Gasteiger charge is -2.22. The average molecular weight is 221 g/mol. The molecule has 16 heavy (non-hydrogen) atoms. The molecule has 0 heterocycles. The summed E-state index contributed by atoms with van der Waals surface area (Å²) < 4.78 is 4.83. The number of hydrogen-bond donors (Lipinski definition) is 0. The first kappa shape index (κ1) is 12.7. The maximum Gasteiger partial charge on any atom is 0.177 e. The van der Waals surface area contributed by atoms with E-state index < -0.39 is 0 Å². The molecule has 0 radical (unpaired) electrons. The molecule has 0 spiro atoms. The van der Waals surface area contributed by atoms with E-state index in [1.54, 1.807) is 7.11 Å². The quantitative estimate of drug-likeness (QED) is 0.736. The standard InChI is InChI=1S/C13H19NO2/c1-4-14(9-13(15)10-16-3)12-7-5-11(2)6-8-12/h5-8H,4,9-10H2,1-3H3. The summed E-state index contributed by atoms with van der Waals surface area (Å²) in [5.41, 5.74) is 2.31. The number of Topliss-reactive ketones (excluding diaryl/α,β-unsaturated/α-hetero) is 1. The molecule has 0 saturated heterocycles. The molecule has 1 aromatic carbocycles. The number of likely N-dealkylation sites (N-methyl/N-ethyl adjacent to an activating group) is 1. The zero-order chi connectivity index (χ0) is 12.0. The third-order valence-corrected chi connectivity index (χ3v) is 2.45. The molecule has 0 amide bonds. The van der Waals surface area contributed by atoms with Crippen LogP contribution in [0.25, 0.3) is 0 Å². The fourth-order valence-corrected chi connectivity index (χ4v) is 1.56. The van der Waals surface area contributed by atoms with Gasteiger partial charge in [-0.15, -0.1) is 0 Å². The normalized spacial score (nSPS) is 10.2. The molecule has 0 unspecified atom stereocenters. The van der Waals surface area contributed by atoms with Crippen LogP contribution in [0.2, 0.25) is 0 Å². The summed E-state index contributed by atoms with van der Waals surface area (Å²) in [6, 6.07) is 8.19. The van der Waals surface area contributed by atoms with E-state index in [1.165, 1.54) is 5.56 Å². The number of benzene rings is 1. The summed E-state index contributed by atoms with van der Waals surface area (Å²) in [5.74, 6) is 0.102. The molecule has 0 fully saturated rings. The lowest BCUT2D eigenvalue weighted by atomic mass is 10.2. The van der Waals surface area contributed by atoms with Crippen LogP contribution in [0.3, 0.4) is 0 Å². The van der Waals surface area contributed by atoms with Crippen molar-refractivity contribution in [3.63, 3.8) is 0 Å². The SMILES string of the molecule is CCN(CC(=O)COC)c1ccc(C)cc1. The Balaban J connectivity index is 2.67. The van der Waals surface area contributed by atoms with Crippen molar-refractivity contribution in [1.29, 1.82) is 0 Å². The second kappa shape index (κ2) is 6.28. The summed E-state index contributed by atoms with van der Waals surface area (Å²) in [5, 5.41) is 0. The van der Waals surface area contributed by atoms with Crippen LogP contribution < -0.4 is 4.90 Å². The van der Waals surface area contributed by atoms with Gasteiger partial charge in [-0.1, -0.05) is 17.7 Å². The number of methoxy groups -OCH3 is 1. The molecule has 1 aromatic rings. The minimum atomic E-state index is 0.102. The zero-order valence-corrected chi connectivity index (χ0v) is 10.2. The van der Waals surface area contributed by atoms with Crippen molar-refractivity contribution >= 4 is 11.5 Å². The van der Waals surface area contributed by atoms with Gasteiger partial charge >= 0.3 is 0 Å². The Morgan fingerprint density at radius 3 is 2.44 bits per heavy atom. The van der Waals surface area contributed by atoms with E-state index in [2.05, 4.69) is 19.1 Å². The molecule has 88 valence electrons. The summed E-state index contributed by atoms with van der Waals surface area (Å²) >= 11 is 0. The minimum Gasteiger partial charge on any atom is -0.377 e. The van der Waals surface area contributed by atoms with Crippen LogP contribution in [0.5, 0.6) is 0 Å². The zero-order valence-electron chi connectivity index (χ0n) is 10.2. The monoisotopic (exact) mass is 221 g/mol. The Hall–Kier alpha value is -1.35. The predicted octanol–water partition coefficient (Wildman–Crippen LogP) is 2.04. The van der Waals surface area contributed by atoms with E-state index in [-0.39, 0.29) is 12.4 Å². The van der Waals surface area contributed by atoms with Crippen LogP contribution in [-0.2, 0) is 9.53 Å². The van der Waals surface area contributed by atoms with Crippen LogP contribution in [0.15, 0.2) is 24.3 Å². The Kier molecular flexibility index (Phi) is 4.99. The van der Waals surface area contributed by atoms with Crippen molar-refractivity contribution in [1.82, 2.24) is 0 Å². The van der Waals surface area contributed by atoms with Crippen molar-refractivity contribution in [3.05, 3.63) is 29.8 Å². The molecule has 0 atom stereocenters. The van der Waals surface area contributed by atoms with Crippen molar-refractivity contribution in [2.45, 2.75) is 13.8 Å². The number of ether oxygens (including phenoxy) is 1. The minimum absolute atomic E-state index is 0.102. The van der Waals surface area contributed by atoms with Crippen LogP contribution in [0.4, 0.5) is 5.69 Å². The maximum absolute atomic E-state index is 11.5. The van der Waals surface area contributed by atoms with E-state index in [0.717, 1.165) is 12.2 Å².